The molecule has 1 atom stereocenters. The van der Waals surface area contributed by atoms with E-state index in [1.807, 2.05) is 6.07 Å². The minimum Gasteiger partial charge on any atom is -0.381 e. The number of alkyl halides is 3. The zero-order valence-electron chi connectivity index (χ0n) is 15.0. The highest BCUT2D eigenvalue weighted by molar-refractivity contribution is 5.88. The highest BCUT2D eigenvalue weighted by Gasteiger charge is 2.48. The Balaban J connectivity index is 1.45. The van der Waals surface area contributed by atoms with Gasteiger partial charge in [0.1, 0.15) is 5.52 Å². The fourth-order valence-electron chi connectivity index (χ4n) is 3.56. The molecule has 1 saturated heterocycles. The van der Waals surface area contributed by atoms with Gasteiger partial charge in [-0.2, -0.15) is 18.3 Å². The number of nitrogens with zero attached hydrogens (tertiary/aromatic N) is 5. The van der Waals surface area contributed by atoms with Crippen molar-refractivity contribution in [2.24, 2.45) is 5.92 Å². The molecule has 0 radical (unpaired) electrons. The number of aromatic nitrogens is 6. The van der Waals surface area contributed by atoms with Crippen LogP contribution in [0.3, 0.4) is 0 Å². The first-order valence-corrected chi connectivity index (χ1v) is 8.94. The summed E-state index contributed by atoms with van der Waals surface area (Å²) >= 11 is 0. The molecule has 148 valence electrons. The van der Waals surface area contributed by atoms with Gasteiger partial charge in [-0.1, -0.05) is 6.07 Å². The highest BCUT2D eigenvalue weighted by Crippen LogP contribution is 2.43. The molecule has 1 fully saturated rings. The van der Waals surface area contributed by atoms with Gasteiger partial charge in [0.2, 0.25) is 0 Å². The first-order valence-electron chi connectivity index (χ1n) is 8.94. The summed E-state index contributed by atoms with van der Waals surface area (Å²) in [6, 6.07) is 4.83. The van der Waals surface area contributed by atoms with Crippen LogP contribution in [0.15, 0.2) is 49.3 Å². The molecular weight excluding hydrogens is 385 g/mol. The lowest BCUT2D eigenvalue weighted by atomic mass is 9.85. The molecule has 1 aliphatic rings. The third kappa shape index (κ3) is 3.15. The molecule has 5 rings (SSSR count). The van der Waals surface area contributed by atoms with Gasteiger partial charge in [-0.25, -0.2) is 19.6 Å². The van der Waals surface area contributed by atoms with Crippen LogP contribution in [0.5, 0.6) is 0 Å². The van der Waals surface area contributed by atoms with E-state index in [-0.39, 0.29) is 18.8 Å². The number of aromatic amines is 1. The van der Waals surface area contributed by atoms with Crippen molar-refractivity contribution in [2.75, 3.05) is 13.2 Å². The van der Waals surface area contributed by atoms with E-state index in [2.05, 4.69) is 25.0 Å². The van der Waals surface area contributed by atoms with Crippen LogP contribution in [0.4, 0.5) is 13.2 Å². The van der Waals surface area contributed by atoms with Gasteiger partial charge in [-0.05, 0) is 17.7 Å². The largest absolute Gasteiger partial charge is 0.396 e. The van der Waals surface area contributed by atoms with Crippen LogP contribution in [0.25, 0.3) is 28.1 Å². The summed E-state index contributed by atoms with van der Waals surface area (Å²) in [4.78, 5) is 15.6. The summed E-state index contributed by atoms with van der Waals surface area (Å²) in [6.07, 6.45) is 3.58. The van der Waals surface area contributed by atoms with Crippen molar-refractivity contribution in [1.29, 1.82) is 0 Å². The molecule has 1 aliphatic heterocycles. The van der Waals surface area contributed by atoms with Crippen molar-refractivity contribution in [3.05, 3.63) is 54.9 Å². The lowest BCUT2D eigenvalue weighted by Gasteiger charge is -2.35. The standard InChI is InChI=1S/C19H15F3N6O/c20-19(21,22)16(13-8-29-9-13)11-1-2-15(24-5-11)28-7-12(6-27-28)14-3-4-23-18-17(14)25-10-26-18/h1-7,10,13,16H,8-9H2,(H,23,25,26)/t16-/m1/s1. The second kappa shape index (κ2) is 6.66. The maximum atomic E-state index is 13.5. The van der Waals surface area contributed by atoms with Crippen LogP contribution in [0.2, 0.25) is 0 Å². The van der Waals surface area contributed by atoms with E-state index < -0.39 is 18.0 Å². The zero-order chi connectivity index (χ0) is 20.0. The van der Waals surface area contributed by atoms with Gasteiger partial charge in [0.25, 0.3) is 0 Å². The molecule has 0 spiro atoms. The van der Waals surface area contributed by atoms with Gasteiger partial charge in [-0.15, -0.1) is 0 Å². The normalized spacial score (nSPS) is 16.1. The molecule has 10 heteroatoms. The molecular formula is C19H15F3N6O. The Kier molecular flexibility index (Phi) is 4.09. The van der Waals surface area contributed by atoms with Crippen molar-refractivity contribution < 1.29 is 17.9 Å². The van der Waals surface area contributed by atoms with Crippen LogP contribution in [0.1, 0.15) is 11.5 Å². The number of hydrogen-bond acceptors (Lipinski definition) is 5. The van der Waals surface area contributed by atoms with Gasteiger partial charge < -0.3 is 9.72 Å². The van der Waals surface area contributed by atoms with Crippen molar-refractivity contribution in [3.63, 3.8) is 0 Å². The number of imidazole rings is 1. The third-order valence-corrected chi connectivity index (χ3v) is 5.07. The Morgan fingerprint density at radius 2 is 1.97 bits per heavy atom. The first-order chi connectivity index (χ1) is 14.0. The van der Waals surface area contributed by atoms with Gasteiger partial charge in [0.15, 0.2) is 11.5 Å². The quantitative estimate of drug-likeness (QED) is 0.567. The molecule has 4 aromatic rings. The lowest BCUT2D eigenvalue weighted by Crippen LogP contribution is -2.40. The van der Waals surface area contributed by atoms with Gasteiger partial charge >= 0.3 is 6.18 Å². The minimum absolute atomic E-state index is 0.113. The maximum absolute atomic E-state index is 13.5. The highest BCUT2D eigenvalue weighted by atomic mass is 19.4. The average Bonchev–Trinajstić information content (AvgIpc) is 3.33. The molecule has 0 aliphatic carbocycles. The molecule has 5 heterocycles. The molecule has 4 aromatic heterocycles. The Labute approximate surface area is 162 Å². The Morgan fingerprint density at radius 1 is 1.10 bits per heavy atom. The van der Waals surface area contributed by atoms with E-state index in [9.17, 15) is 13.2 Å². The third-order valence-electron chi connectivity index (χ3n) is 5.07. The van der Waals surface area contributed by atoms with Crippen LogP contribution in [0, 0.1) is 5.92 Å². The molecule has 0 unspecified atom stereocenters. The number of ether oxygens (including phenoxy) is 1. The number of hydrogen-bond donors (Lipinski definition) is 1. The Hall–Kier alpha value is -3.27. The van der Waals surface area contributed by atoms with Crippen molar-refractivity contribution in [1.82, 2.24) is 29.7 Å². The van der Waals surface area contributed by atoms with Crippen molar-refractivity contribution in [2.45, 2.75) is 12.1 Å². The van der Waals surface area contributed by atoms with E-state index >= 15 is 0 Å². The number of rotatable bonds is 4. The van der Waals surface area contributed by atoms with E-state index in [1.54, 1.807) is 31.0 Å². The second-order valence-corrected chi connectivity index (χ2v) is 6.90. The molecule has 29 heavy (non-hydrogen) atoms. The fourth-order valence-corrected chi connectivity index (χ4v) is 3.56. The fraction of sp³-hybridized carbons (Fsp3) is 0.263. The van der Waals surface area contributed by atoms with E-state index in [4.69, 9.17) is 4.74 Å². The van der Waals surface area contributed by atoms with Crippen LogP contribution >= 0.6 is 0 Å². The molecule has 7 nitrogen and oxygen atoms in total. The van der Waals surface area contributed by atoms with E-state index in [0.29, 0.717) is 17.0 Å². The molecule has 0 bridgehead atoms. The molecule has 0 aromatic carbocycles. The number of H-pyrrole nitrogens is 1. The van der Waals surface area contributed by atoms with Crippen molar-refractivity contribution in [3.8, 4) is 16.9 Å². The summed E-state index contributed by atoms with van der Waals surface area (Å²) in [7, 11) is 0. The number of nitrogens with one attached hydrogen (secondary N) is 1. The van der Waals surface area contributed by atoms with Crippen LogP contribution in [-0.2, 0) is 4.74 Å². The Morgan fingerprint density at radius 3 is 2.66 bits per heavy atom. The molecule has 1 N–H and O–H groups in total. The van der Waals surface area contributed by atoms with E-state index in [0.717, 1.165) is 11.1 Å². The number of fused-ring (bicyclic) bond motifs is 1. The molecule has 0 amide bonds. The lowest BCUT2D eigenvalue weighted by molar-refractivity contribution is -0.191. The van der Waals surface area contributed by atoms with Crippen LogP contribution < -0.4 is 0 Å². The van der Waals surface area contributed by atoms with E-state index in [1.165, 1.54) is 16.9 Å². The summed E-state index contributed by atoms with van der Waals surface area (Å²) < 4.78 is 46.9. The number of halogens is 3. The SMILES string of the molecule is FC(F)(F)[C@H](c1ccc(-n2cc(-c3ccnc4[nH]cnc34)cn2)nc1)C1COC1. The summed E-state index contributed by atoms with van der Waals surface area (Å²) in [5, 5.41) is 4.29. The topological polar surface area (TPSA) is 81.5 Å². The van der Waals surface area contributed by atoms with Crippen LogP contribution in [-0.4, -0.2) is 49.1 Å². The first kappa shape index (κ1) is 17.8. The summed E-state index contributed by atoms with van der Waals surface area (Å²) in [5.41, 5.74) is 3.16. The number of pyridine rings is 2. The second-order valence-electron chi connectivity index (χ2n) is 6.90. The average molecular weight is 400 g/mol. The molecule has 0 saturated carbocycles. The van der Waals surface area contributed by atoms with Crippen molar-refractivity contribution >= 4 is 11.2 Å². The smallest absolute Gasteiger partial charge is 0.381 e. The minimum atomic E-state index is -4.34. The summed E-state index contributed by atoms with van der Waals surface area (Å²) in [6.45, 7) is 0.226. The van der Waals surface area contributed by atoms with Gasteiger partial charge in [0, 0.05) is 35.6 Å². The predicted molar refractivity (Wildman–Crippen MR) is 97.3 cm³/mol. The monoisotopic (exact) mass is 400 g/mol. The maximum Gasteiger partial charge on any atom is 0.396 e. The predicted octanol–water partition coefficient (Wildman–Crippen LogP) is 3.50. The zero-order valence-corrected chi connectivity index (χ0v) is 15.0. The Bertz CT molecular complexity index is 1150. The van der Waals surface area contributed by atoms with Gasteiger partial charge in [-0.3, -0.25) is 0 Å². The summed E-state index contributed by atoms with van der Waals surface area (Å²) in [5.74, 6) is -1.71. The van der Waals surface area contributed by atoms with Gasteiger partial charge in [0.05, 0.1) is 31.7 Å².